The highest BCUT2D eigenvalue weighted by Crippen LogP contribution is 2.19. The lowest BCUT2D eigenvalue weighted by Crippen LogP contribution is -2.13. The van der Waals surface area contributed by atoms with Crippen LogP contribution in [0.1, 0.15) is 34.2 Å². The first-order valence-electron chi connectivity index (χ1n) is 6.02. The van der Waals surface area contributed by atoms with Crippen molar-refractivity contribution < 1.29 is 9.32 Å². The lowest BCUT2D eigenvalue weighted by molar-refractivity contribution is 0.102. The van der Waals surface area contributed by atoms with Crippen molar-refractivity contribution in [1.29, 1.82) is 0 Å². The van der Waals surface area contributed by atoms with Crippen molar-refractivity contribution in [2.45, 2.75) is 27.2 Å². The van der Waals surface area contributed by atoms with Gasteiger partial charge in [0.05, 0.1) is 5.69 Å². The van der Waals surface area contributed by atoms with Crippen LogP contribution < -0.4 is 11.1 Å². The number of nitrogens with one attached hydrogen (secondary N) is 1. The monoisotopic (exact) mass is 260 g/mol. The van der Waals surface area contributed by atoms with Crippen molar-refractivity contribution in [1.82, 2.24) is 10.1 Å². The summed E-state index contributed by atoms with van der Waals surface area (Å²) < 4.78 is 5.05. The van der Waals surface area contributed by atoms with Gasteiger partial charge in [-0.05, 0) is 32.4 Å². The van der Waals surface area contributed by atoms with E-state index < -0.39 is 0 Å². The van der Waals surface area contributed by atoms with Crippen LogP contribution in [0.2, 0.25) is 0 Å². The molecule has 0 aliphatic rings. The smallest absolute Gasteiger partial charge is 0.258 e. The van der Waals surface area contributed by atoms with Gasteiger partial charge >= 0.3 is 0 Å². The zero-order valence-corrected chi connectivity index (χ0v) is 11.2. The fraction of sp³-hybridized carbons (Fsp3) is 0.308. The summed E-state index contributed by atoms with van der Waals surface area (Å²) in [5, 5.41) is 6.46. The quantitative estimate of drug-likeness (QED) is 0.881. The average Bonchev–Trinajstić information content (AvgIpc) is 2.70. The maximum absolute atomic E-state index is 12.1. The molecule has 0 unspecified atom stereocenters. The molecule has 0 aliphatic carbocycles. The minimum atomic E-state index is -0.289. The van der Waals surface area contributed by atoms with Gasteiger partial charge in [0.2, 0.25) is 5.88 Å². The molecule has 0 saturated carbocycles. The number of aromatic nitrogens is 2. The lowest BCUT2D eigenvalue weighted by Gasteiger charge is -2.05. The number of anilines is 2. The van der Waals surface area contributed by atoms with Crippen molar-refractivity contribution >= 4 is 17.6 Å². The Balaban J connectivity index is 2.25. The summed E-state index contributed by atoms with van der Waals surface area (Å²) in [5.74, 6) is 0.397. The number of pyridine rings is 1. The molecule has 0 aromatic carbocycles. The number of aryl methyl sites for hydroxylation is 2. The summed E-state index contributed by atoms with van der Waals surface area (Å²) in [6.07, 6.45) is 0.714. The maximum atomic E-state index is 12.1. The summed E-state index contributed by atoms with van der Waals surface area (Å²) in [6.45, 7) is 5.60. The zero-order valence-electron chi connectivity index (χ0n) is 11.2. The molecule has 0 saturated heterocycles. The van der Waals surface area contributed by atoms with Crippen molar-refractivity contribution in [2.75, 3.05) is 11.1 Å². The fourth-order valence-electron chi connectivity index (χ4n) is 1.63. The Labute approximate surface area is 111 Å². The van der Waals surface area contributed by atoms with E-state index >= 15 is 0 Å². The van der Waals surface area contributed by atoms with E-state index in [-0.39, 0.29) is 5.91 Å². The molecule has 2 heterocycles. The Hall–Kier alpha value is -2.37. The first kappa shape index (κ1) is 13.1. The van der Waals surface area contributed by atoms with Crippen LogP contribution in [0.3, 0.4) is 0 Å². The number of hydrogen-bond donors (Lipinski definition) is 2. The Morgan fingerprint density at radius 1 is 1.42 bits per heavy atom. The highest BCUT2D eigenvalue weighted by molar-refractivity contribution is 6.04. The van der Waals surface area contributed by atoms with Gasteiger partial charge in [-0.1, -0.05) is 12.1 Å². The minimum Gasteiger partial charge on any atom is -0.384 e. The van der Waals surface area contributed by atoms with Crippen molar-refractivity contribution in [3.63, 3.8) is 0 Å². The number of nitrogen functional groups attached to an aromatic ring is 1. The van der Waals surface area contributed by atoms with Gasteiger partial charge in [0.1, 0.15) is 5.82 Å². The van der Waals surface area contributed by atoms with Gasteiger partial charge in [-0.2, -0.15) is 0 Å². The van der Waals surface area contributed by atoms with Crippen LogP contribution in [-0.4, -0.2) is 16.0 Å². The average molecular weight is 260 g/mol. The Morgan fingerprint density at radius 3 is 2.74 bits per heavy atom. The molecule has 6 heteroatoms. The topological polar surface area (TPSA) is 94.0 Å². The van der Waals surface area contributed by atoms with Crippen molar-refractivity contribution in [3.05, 3.63) is 34.6 Å². The number of carbonyl (C=O) groups excluding carboxylic acids is 1. The van der Waals surface area contributed by atoms with E-state index in [1.54, 1.807) is 6.07 Å². The minimum absolute atomic E-state index is 0.289. The third-order valence-electron chi connectivity index (χ3n) is 2.91. The second kappa shape index (κ2) is 5.09. The molecular formula is C13H16N4O2. The Morgan fingerprint density at radius 2 is 2.16 bits per heavy atom. The number of hydrogen-bond acceptors (Lipinski definition) is 5. The lowest BCUT2D eigenvalue weighted by atomic mass is 10.2. The summed E-state index contributed by atoms with van der Waals surface area (Å²) in [4.78, 5) is 16.2. The standard InChI is InChI=1S/C13H16N4O2/c1-4-10-5-9(6-11(14)15-10)12(18)16-13-7(2)8(3)17-19-13/h5-6H,4H2,1-3H3,(H2,14,15)(H,16,18). The zero-order chi connectivity index (χ0) is 14.0. The Kier molecular flexibility index (Phi) is 3.50. The van der Waals surface area contributed by atoms with Crippen molar-refractivity contribution in [3.8, 4) is 0 Å². The van der Waals surface area contributed by atoms with Crippen molar-refractivity contribution in [2.24, 2.45) is 0 Å². The predicted molar refractivity (Wildman–Crippen MR) is 72.0 cm³/mol. The van der Waals surface area contributed by atoms with E-state index in [0.29, 0.717) is 23.7 Å². The van der Waals surface area contributed by atoms with Gasteiger partial charge in [0.25, 0.3) is 5.91 Å². The maximum Gasteiger partial charge on any atom is 0.258 e. The summed E-state index contributed by atoms with van der Waals surface area (Å²) in [7, 11) is 0. The van der Waals surface area contributed by atoms with Crippen LogP contribution in [0.15, 0.2) is 16.7 Å². The van der Waals surface area contributed by atoms with Crippen LogP contribution in [0.4, 0.5) is 11.7 Å². The highest BCUT2D eigenvalue weighted by atomic mass is 16.5. The highest BCUT2D eigenvalue weighted by Gasteiger charge is 2.14. The first-order valence-corrected chi connectivity index (χ1v) is 6.02. The van der Waals surface area contributed by atoms with Gasteiger partial charge in [-0.15, -0.1) is 0 Å². The van der Waals surface area contributed by atoms with Crippen LogP contribution in [0.5, 0.6) is 0 Å². The van der Waals surface area contributed by atoms with Crippen LogP contribution >= 0.6 is 0 Å². The third-order valence-corrected chi connectivity index (χ3v) is 2.91. The molecule has 0 spiro atoms. The molecule has 0 radical (unpaired) electrons. The van der Waals surface area contributed by atoms with E-state index in [9.17, 15) is 4.79 Å². The molecule has 2 rings (SSSR count). The summed E-state index contributed by atoms with van der Waals surface area (Å²) >= 11 is 0. The van der Waals surface area contributed by atoms with Gasteiger partial charge in [0, 0.05) is 16.8 Å². The molecule has 0 bridgehead atoms. The largest absolute Gasteiger partial charge is 0.384 e. The molecule has 2 aromatic heterocycles. The number of rotatable bonds is 3. The van der Waals surface area contributed by atoms with Crippen LogP contribution in [0, 0.1) is 13.8 Å². The molecule has 0 atom stereocenters. The SMILES string of the molecule is CCc1cc(C(=O)Nc2onc(C)c2C)cc(N)n1. The molecule has 19 heavy (non-hydrogen) atoms. The third kappa shape index (κ3) is 2.73. The second-order valence-electron chi connectivity index (χ2n) is 4.30. The predicted octanol–water partition coefficient (Wildman–Crippen LogP) is 2.08. The number of amides is 1. The van der Waals surface area contributed by atoms with E-state index in [1.165, 1.54) is 6.07 Å². The van der Waals surface area contributed by atoms with Gasteiger partial charge in [-0.3, -0.25) is 10.1 Å². The molecule has 100 valence electrons. The van der Waals surface area contributed by atoms with Gasteiger partial charge < -0.3 is 10.3 Å². The molecule has 3 N–H and O–H groups in total. The number of carbonyl (C=O) groups is 1. The normalized spacial score (nSPS) is 10.5. The molecule has 0 fully saturated rings. The first-order chi connectivity index (χ1) is 9.01. The summed E-state index contributed by atoms with van der Waals surface area (Å²) in [5.41, 5.74) is 8.46. The molecule has 0 aliphatic heterocycles. The molecule has 6 nitrogen and oxygen atoms in total. The molecule has 1 amide bonds. The van der Waals surface area contributed by atoms with Gasteiger partial charge in [-0.25, -0.2) is 4.98 Å². The fourth-order valence-corrected chi connectivity index (χ4v) is 1.63. The van der Waals surface area contributed by atoms with Gasteiger partial charge in [0.15, 0.2) is 0 Å². The van der Waals surface area contributed by atoms with Crippen LogP contribution in [-0.2, 0) is 6.42 Å². The van der Waals surface area contributed by atoms with E-state index in [1.807, 2.05) is 20.8 Å². The number of nitrogens with zero attached hydrogens (tertiary/aromatic N) is 2. The number of nitrogens with two attached hydrogens (primary N) is 1. The molecule has 2 aromatic rings. The Bertz CT molecular complexity index is 619. The van der Waals surface area contributed by atoms with E-state index in [4.69, 9.17) is 10.3 Å². The summed E-state index contributed by atoms with van der Waals surface area (Å²) in [6, 6.07) is 3.25. The van der Waals surface area contributed by atoms with E-state index in [0.717, 1.165) is 17.0 Å². The van der Waals surface area contributed by atoms with E-state index in [2.05, 4.69) is 15.5 Å². The second-order valence-corrected chi connectivity index (χ2v) is 4.30. The molecular weight excluding hydrogens is 244 g/mol. The van der Waals surface area contributed by atoms with Crippen LogP contribution in [0.25, 0.3) is 0 Å².